The first-order valence-corrected chi connectivity index (χ1v) is 8.36. The Morgan fingerprint density at radius 1 is 1.43 bits per heavy atom. The van der Waals surface area contributed by atoms with Crippen molar-refractivity contribution in [3.8, 4) is 0 Å². The molecule has 1 fully saturated rings. The van der Waals surface area contributed by atoms with Crippen LogP contribution in [0.1, 0.15) is 44.1 Å². The predicted octanol–water partition coefficient (Wildman–Crippen LogP) is 3.03. The van der Waals surface area contributed by atoms with E-state index in [0.29, 0.717) is 12.0 Å². The molecule has 3 heterocycles. The van der Waals surface area contributed by atoms with Gasteiger partial charge in [-0.1, -0.05) is 13.3 Å². The second-order valence-electron chi connectivity index (χ2n) is 5.73. The van der Waals surface area contributed by atoms with Gasteiger partial charge in [0.2, 0.25) is 0 Å². The lowest BCUT2D eigenvalue weighted by Gasteiger charge is -2.12. The standard InChI is InChI=1S/C15H23ClN4O/c1-3-5-12-14-15(19(2)18-12)20(13(10-16)17-14)8-7-11-6-4-9-21-11/h11H,3-10H2,1-2H3. The Kier molecular flexibility index (Phi) is 4.50. The maximum absolute atomic E-state index is 6.09. The van der Waals surface area contributed by atoms with Gasteiger partial charge in [-0.05, 0) is 25.7 Å². The van der Waals surface area contributed by atoms with Crippen molar-refractivity contribution in [2.45, 2.75) is 57.6 Å². The molecule has 0 radical (unpaired) electrons. The number of rotatable bonds is 6. The van der Waals surface area contributed by atoms with Crippen molar-refractivity contribution in [2.75, 3.05) is 6.61 Å². The van der Waals surface area contributed by atoms with Gasteiger partial charge >= 0.3 is 0 Å². The third kappa shape index (κ3) is 2.81. The highest BCUT2D eigenvalue weighted by atomic mass is 35.5. The van der Waals surface area contributed by atoms with Crippen LogP contribution in [0.2, 0.25) is 0 Å². The Morgan fingerprint density at radius 2 is 2.29 bits per heavy atom. The van der Waals surface area contributed by atoms with Crippen LogP contribution in [0.5, 0.6) is 0 Å². The van der Waals surface area contributed by atoms with E-state index in [2.05, 4.69) is 16.6 Å². The first kappa shape index (κ1) is 14.9. The highest BCUT2D eigenvalue weighted by Crippen LogP contribution is 2.24. The highest BCUT2D eigenvalue weighted by Gasteiger charge is 2.21. The Labute approximate surface area is 130 Å². The summed E-state index contributed by atoms with van der Waals surface area (Å²) in [5.74, 6) is 1.38. The third-order valence-corrected chi connectivity index (χ3v) is 4.41. The molecule has 1 aliphatic heterocycles. The SMILES string of the molecule is CCCc1nn(C)c2c1nc(CCl)n2CCC1CCCO1. The van der Waals surface area contributed by atoms with Gasteiger partial charge in [0.05, 0.1) is 17.7 Å². The van der Waals surface area contributed by atoms with Crippen molar-refractivity contribution in [2.24, 2.45) is 7.05 Å². The average Bonchev–Trinajstić information content (AvgIpc) is 3.16. The smallest absolute Gasteiger partial charge is 0.158 e. The van der Waals surface area contributed by atoms with E-state index < -0.39 is 0 Å². The molecule has 0 bridgehead atoms. The number of ether oxygens (including phenoxy) is 1. The van der Waals surface area contributed by atoms with E-state index in [1.54, 1.807) is 0 Å². The van der Waals surface area contributed by atoms with Crippen LogP contribution in [0, 0.1) is 0 Å². The summed E-state index contributed by atoms with van der Waals surface area (Å²) in [5, 5.41) is 4.61. The molecule has 21 heavy (non-hydrogen) atoms. The maximum atomic E-state index is 6.09. The van der Waals surface area contributed by atoms with Gasteiger partial charge in [-0.25, -0.2) is 4.98 Å². The number of nitrogens with zero attached hydrogens (tertiary/aromatic N) is 4. The van der Waals surface area contributed by atoms with E-state index in [9.17, 15) is 0 Å². The number of hydrogen-bond donors (Lipinski definition) is 0. The lowest BCUT2D eigenvalue weighted by atomic mass is 10.2. The Balaban J connectivity index is 1.91. The predicted molar refractivity (Wildman–Crippen MR) is 83.6 cm³/mol. The van der Waals surface area contributed by atoms with Crippen molar-refractivity contribution in [3.05, 3.63) is 11.5 Å². The summed E-state index contributed by atoms with van der Waals surface area (Å²) in [5.41, 5.74) is 3.19. The Bertz CT molecular complexity index is 613. The molecule has 0 spiro atoms. The molecular formula is C15H23ClN4O. The van der Waals surface area contributed by atoms with Gasteiger partial charge in [0.1, 0.15) is 11.3 Å². The number of aromatic nitrogens is 4. The van der Waals surface area contributed by atoms with Gasteiger partial charge in [-0.3, -0.25) is 4.68 Å². The minimum Gasteiger partial charge on any atom is -0.378 e. The van der Waals surface area contributed by atoms with E-state index in [0.717, 1.165) is 55.1 Å². The zero-order chi connectivity index (χ0) is 14.8. The minimum atomic E-state index is 0.383. The molecule has 2 aromatic heterocycles. The van der Waals surface area contributed by atoms with Crippen molar-refractivity contribution in [3.63, 3.8) is 0 Å². The third-order valence-electron chi connectivity index (χ3n) is 4.18. The van der Waals surface area contributed by atoms with Crippen LogP contribution in [0.3, 0.4) is 0 Å². The molecule has 0 aliphatic carbocycles. The fraction of sp³-hybridized carbons (Fsp3) is 0.733. The summed E-state index contributed by atoms with van der Waals surface area (Å²) >= 11 is 6.09. The molecule has 0 N–H and O–H groups in total. The second-order valence-corrected chi connectivity index (χ2v) is 6.00. The Hall–Kier alpha value is -1.07. The molecule has 0 saturated carbocycles. The first-order chi connectivity index (χ1) is 10.2. The molecular weight excluding hydrogens is 288 g/mol. The molecule has 6 heteroatoms. The number of alkyl halides is 1. The lowest BCUT2D eigenvalue weighted by molar-refractivity contribution is 0.100. The van der Waals surface area contributed by atoms with Crippen LogP contribution in [0.4, 0.5) is 0 Å². The fourth-order valence-electron chi connectivity index (χ4n) is 3.17. The van der Waals surface area contributed by atoms with Gasteiger partial charge < -0.3 is 9.30 Å². The number of imidazole rings is 1. The largest absolute Gasteiger partial charge is 0.378 e. The maximum Gasteiger partial charge on any atom is 0.158 e. The molecule has 116 valence electrons. The monoisotopic (exact) mass is 310 g/mol. The van der Waals surface area contributed by atoms with Crippen LogP contribution in [-0.4, -0.2) is 32.0 Å². The topological polar surface area (TPSA) is 44.9 Å². The number of aryl methyl sites for hydroxylation is 3. The number of fused-ring (bicyclic) bond motifs is 1. The average molecular weight is 311 g/mol. The normalized spacial score (nSPS) is 18.9. The molecule has 1 atom stereocenters. The first-order valence-electron chi connectivity index (χ1n) is 7.83. The molecule has 5 nitrogen and oxygen atoms in total. The van der Waals surface area contributed by atoms with Crippen LogP contribution in [-0.2, 0) is 30.6 Å². The van der Waals surface area contributed by atoms with E-state index in [-0.39, 0.29) is 0 Å². The van der Waals surface area contributed by atoms with Crippen molar-refractivity contribution in [1.82, 2.24) is 19.3 Å². The molecule has 3 rings (SSSR count). The zero-order valence-corrected chi connectivity index (χ0v) is 13.6. The molecule has 2 aromatic rings. The van der Waals surface area contributed by atoms with Crippen molar-refractivity contribution in [1.29, 1.82) is 0 Å². The van der Waals surface area contributed by atoms with Crippen LogP contribution in [0.15, 0.2) is 0 Å². The van der Waals surface area contributed by atoms with Gasteiger partial charge in [0.25, 0.3) is 0 Å². The fourth-order valence-corrected chi connectivity index (χ4v) is 3.38. The molecule has 1 aliphatic rings. The summed E-state index contributed by atoms with van der Waals surface area (Å²) in [6, 6.07) is 0. The zero-order valence-electron chi connectivity index (χ0n) is 12.8. The Morgan fingerprint density at radius 3 is 2.95 bits per heavy atom. The van der Waals surface area contributed by atoms with Crippen LogP contribution < -0.4 is 0 Å². The summed E-state index contributed by atoms with van der Waals surface area (Å²) in [7, 11) is 1.99. The summed E-state index contributed by atoms with van der Waals surface area (Å²) < 4.78 is 9.88. The molecule has 0 aromatic carbocycles. The van der Waals surface area contributed by atoms with Crippen molar-refractivity contribution < 1.29 is 4.74 Å². The lowest BCUT2D eigenvalue weighted by Crippen LogP contribution is -2.13. The van der Waals surface area contributed by atoms with E-state index in [1.165, 1.54) is 12.8 Å². The highest BCUT2D eigenvalue weighted by molar-refractivity contribution is 6.16. The van der Waals surface area contributed by atoms with Crippen LogP contribution >= 0.6 is 11.6 Å². The quantitative estimate of drug-likeness (QED) is 0.770. The second kappa shape index (κ2) is 6.36. The number of hydrogen-bond acceptors (Lipinski definition) is 3. The number of halogens is 1. The van der Waals surface area contributed by atoms with Gasteiger partial charge in [0, 0.05) is 20.2 Å². The molecule has 1 saturated heterocycles. The molecule has 0 amide bonds. The van der Waals surface area contributed by atoms with Crippen LogP contribution in [0.25, 0.3) is 11.2 Å². The summed E-state index contributed by atoms with van der Waals surface area (Å²) in [4.78, 5) is 4.72. The van der Waals surface area contributed by atoms with Crippen molar-refractivity contribution >= 4 is 22.8 Å². The van der Waals surface area contributed by atoms with Gasteiger partial charge in [-0.2, -0.15) is 5.10 Å². The molecule has 1 unspecified atom stereocenters. The minimum absolute atomic E-state index is 0.383. The summed E-state index contributed by atoms with van der Waals surface area (Å²) in [6.45, 7) is 3.96. The van der Waals surface area contributed by atoms with E-state index in [1.807, 2.05) is 11.7 Å². The van der Waals surface area contributed by atoms with E-state index in [4.69, 9.17) is 21.3 Å². The van der Waals surface area contributed by atoms with Gasteiger partial charge in [0.15, 0.2) is 5.65 Å². The van der Waals surface area contributed by atoms with E-state index >= 15 is 0 Å². The summed E-state index contributed by atoms with van der Waals surface area (Å²) in [6.07, 6.45) is 5.78. The van der Waals surface area contributed by atoms with Gasteiger partial charge in [-0.15, -0.1) is 11.6 Å².